The van der Waals surface area contributed by atoms with Crippen molar-refractivity contribution in [2.45, 2.75) is 6.42 Å². The Morgan fingerprint density at radius 2 is 2.26 bits per heavy atom. The summed E-state index contributed by atoms with van der Waals surface area (Å²) in [4.78, 5) is 19.7. The summed E-state index contributed by atoms with van der Waals surface area (Å²) in [6.07, 6.45) is 3.61. The van der Waals surface area contributed by atoms with Gasteiger partial charge < -0.3 is 10.1 Å². The van der Waals surface area contributed by atoms with Crippen LogP contribution < -0.4 is 10.1 Å². The quantitative estimate of drug-likeness (QED) is 0.913. The third-order valence-electron chi connectivity index (χ3n) is 2.79. The van der Waals surface area contributed by atoms with Gasteiger partial charge in [-0.3, -0.25) is 9.78 Å². The Morgan fingerprint density at radius 1 is 1.37 bits per heavy atom. The van der Waals surface area contributed by atoms with Crippen LogP contribution in [-0.4, -0.2) is 22.5 Å². The zero-order valence-electron chi connectivity index (χ0n) is 9.89. The van der Waals surface area contributed by atoms with E-state index in [1.54, 1.807) is 6.07 Å². The molecule has 0 saturated carbocycles. The number of carbonyl (C=O) groups excluding carboxylic acids is 1. The number of carbonyl (C=O) groups is 1. The Kier molecular flexibility index (Phi) is 3.05. The predicted molar refractivity (Wildman–Crippen MR) is 70.6 cm³/mol. The van der Waals surface area contributed by atoms with Gasteiger partial charge in [-0.25, -0.2) is 4.98 Å². The molecular weight excluding hydrogens is 266 g/mol. The molecule has 1 aliphatic rings. The standard InChI is InChI=1S/C13H10ClN3O2/c14-12-7-15-6-10(17-12)13(18)16-9-1-2-11-8(5-9)3-4-19-11/h1-2,5-7H,3-4H2,(H,16,18). The van der Waals surface area contributed by atoms with Gasteiger partial charge >= 0.3 is 0 Å². The number of fused-ring (bicyclic) bond motifs is 1. The van der Waals surface area contributed by atoms with E-state index in [0.717, 1.165) is 17.7 Å². The molecule has 1 aliphatic heterocycles. The highest BCUT2D eigenvalue weighted by atomic mass is 35.5. The van der Waals surface area contributed by atoms with Gasteiger partial charge in [0.15, 0.2) is 0 Å². The van der Waals surface area contributed by atoms with Gasteiger partial charge in [0.05, 0.1) is 19.0 Å². The van der Waals surface area contributed by atoms with Gasteiger partial charge in [0.25, 0.3) is 5.91 Å². The van der Waals surface area contributed by atoms with E-state index in [1.165, 1.54) is 12.4 Å². The van der Waals surface area contributed by atoms with E-state index in [4.69, 9.17) is 16.3 Å². The Hall–Kier alpha value is -2.14. The molecule has 0 radical (unpaired) electrons. The zero-order valence-corrected chi connectivity index (χ0v) is 10.6. The number of halogens is 1. The summed E-state index contributed by atoms with van der Waals surface area (Å²) in [5, 5.41) is 2.95. The molecule has 1 aromatic heterocycles. The van der Waals surface area contributed by atoms with Gasteiger partial charge in [-0.1, -0.05) is 11.6 Å². The largest absolute Gasteiger partial charge is 0.493 e. The molecule has 1 amide bonds. The minimum absolute atomic E-state index is 0.184. The van der Waals surface area contributed by atoms with Crippen LogP contribution in [0.1, 0.15) is 16.1 Å². The molecule has 0 unspecified atom stereocenters. The normalized spacial score (nSPS) is 12.7. The highest BCUT2D eigenvalue weighted by Gasteiger charge is 2.14. The van der Waals surface area contributed by atoms with Crippen LogP contribution in [0.15, 0.2) is 30.6 Å². The van der Waals surface area contributed by atoms with Crippen molar-refractivity contribution in [2.24, 2.45) is 0 Å². The number of aromatic nitrogens is 2. The molecule has 6 heteroatoms. The van der Waals surface area contributed by atoms with E-state index >= 15 is 0 Å². The summed E-state index contributed by atoms with van der Waals surface area (Å²) in [6, 6.07) is 5.54. The molecular formula is C13H10ClN3O2. The zero-order chi connectivity index (χ0) is 13.2. The first kappa shape index (κ1) is 11.9. The predicted octanol–water partition coefficient (Wildman–Crippen LogP) is 2.32. The Balaban J connectivity index is 1.80. The number of hydrogen-bond acceptors (Lipinski definition) is 4. The molecule has 5 nitrogen and oxygen atoms in total. The molecule has 19 heavy (non-hydrogen) atoms. The van der Waals surface area contributed by atoms with Crippen molar-refractivity contribution in [3.05, 3.63) is 47.0 Å². The first-order chi connectivity index (χ1) is 9.22. The monoisotopic (exact) mass is 275 g/mol. The van der Waals surface area contributed by atoms with Gasteiger partial charge in [-0.05, 0) is 23.8 Å². The Bertz CT molecular complexity index is 646. The molecule has 0 atom stereocenters. The van der Waals surface area contributed by atoms with Crippen molar-refractivity contribution in [1.82, 2.24) is 9.97 Å². The first-order valence-corrected chi connectivity index (χ1v) is 6.15. The van der Waals surface area contributed by atoms with E-state index in [-0.39, 0.29) is 16.8 Å². The maximum Gasteiger partial charge on any atom is 0.275 e. The second-order valence-corrected chi connectivity index (χ2v) is 4.49. The van der Waals surface area contributed by atoms with Crippen LogP contribution in [0, 0.1) is 0 Å². The number of amides is 1. The van der Waals surface area contributed by atoms with Crippen molar-refractivity contribution in [3.63, 3.8) is 0 Å². The maximum atomic E-state index is 12.0. The van der Waals surface area contributed by atoms with Crippen LogP contribution in [0.5, 0.6) is 5.75 Å². The number of hydrogen-bond donors (Lipinski definition) is 1. The van der Waals surface area contributed by atoms with Crippen molar-refractivity contribution < 1.29 is 9.53 Å². The lowest BCUT2D eigenvalue weighted by atomic mass is 10.1. The molecule has 1 aromatic carbocycles. The van der Waals surface area contributed by atoms with Crippen LogP contribution in [-0.2, 0) is 6.42 Å². The number of ether oxygens (including phenoxy) is 1. The van der Waals surface area contributed by atoms with Gasteiger partial charge in [0.1, 0.15) is 16.6 Å². The third kappa shape index (κ3) is 2.51. The van der Waals surface area contributed by atoms with Gasteiger partial charge in [0.2, 0.25) is 0 Å². The second kappa shape index (κ2) is 4.85. The molecule has 0 saturated heterocycles. The summed E-state index contributed by atoms with van der Waals surface area (Å²) < 4.78 is 5.41. The molecule has 3 rings (SSSR count). The summed E-state index contributed by atoms with van der Waals surface area (Å²) in [6.45, 7) is 0.687. The minimum atomic E-state index is -0.339. The van der Waals surface area contributed by atoms with Gasteiger partial charge in [-0.15, -0.1) is 0 Å². The lowest BCUT2D eigenvalue weighted by Gasteiger charge is -2.06. The molecule has 1 N–H and O–H groups in total. The topological polar surface area (TPSA) is 64.1 Å². The van der Waals surface area contributed by atoms with Gasteiger partial charge in [-0.2, -0.15) is 0 Å². The van der Waals surface area contributed by atoms with E-state index in [1.807, 2.05) is 12.1 Å². The minimum Gasteiger partial charge on any atom is -0.493 e. The fourth-order valence-electron chi connectivity index (χ4n) is 1.91. The van der Waals surface area contributed by atoms with E-state index in [9.17, 15) is 4.79 Å². The molecule has 0 fully saturated rings. The fraction of sp³-hybridized carbons (Fsp3) is 0.154. The molecule has 0 bridgehead atoms. The van der Waals surface area contributed by atoms with Gasteiger partial charge in [0, 0.05) is 12.1 Å². The molecule has 2 aromatic rings. The lowest BCUT2D eigenvalue weighted by molar-refractivity contribution is 0.102. The van der Waals surface area contributed by atoms with Crippen LogP contribution in [0.4, 0.5) is 5.69 Å². The number of nitrogens with one attached hydrogen (secondary N) is 1. The van der Waals surface area contributed by atoms with E-state index < -0.39 is 0 Å². The summed E-state index contributed by atoms with van der Waals surface area (Å²) >= 11 is 5.70. The average molecular weight is 276 g/mol. The van der Waals surface area contributed by atoms with Crippen molar-refractivity contribution >= 4 is 23.2 Å². The van der Waals surface area contributed by atoms with Crippen LogP contribution >= 0.6 is 11.6 Å². The molecule has 96 valence electrons. The van der Waals surface area contributed by atoms with E-state index in [2.05, 4.69) is 15.3 Å². The summed E-state index contributed by atoms with van der Waals surface area (Å²) in [7, 11) is 0. The molecule has 2 heterocycles. The maximum absolute atomic E-state index is 12.0. The average Bonchev–Trinajstić information content (AvgIpc) is 2.86. The smallest absolute Gasteiger partial charge is 0.275 e. The van der Waals surface area contributed by atoms with E-state index in [0.29, 0.717) is 12.3 Å². The number of benzene rings is 1. The SMILES string of the molecule is O=C(Nc1ccc2c(c1)CCO2)c1cncc(Cl)n1. The second-order valence-electron chi connectivity index (χ2n) is 4.10. The highest BCUT2D eigenvalue weighted by molar-refractivity contribution is 6.29. The molecule has 0 aliphatic carbocycles. The number of nitrogens with zero attached hydrogens (tertiary/aromatic N) is 2. The summed E-state index contributed by atoms with van der Waals surface area (Å²) in [5.74, 6) is 0.536. The van der Waals surface area contributed by atoms with Crippen LogP contribution in [0.25, 0.3) is 0 Å². The number of anilines is 1. The van der Waals surface area contributed by atoms with Crippen LogP contribution in [0.3, 0.4) is 0 Å². The fourth-order valence-corrected chi connectivity index (χ4v) is 2.06. The van der Waals surface area contributed by atoms with Crippen LogP contribution in [0.2, 0.25) is 5.15 Å². The highest BCUT2D eigenvalue weighted by Crippen LogP contribution is 2.27. The Labute approximate surface area is 114 Å². The number of rotatable bonds is 2. The third-order valence-corrected chi connectivity index (χ3v) is 2.97. The Morgan fingerprint density at radius 3 is 3.11 bits per heavy atom. The summed E-state index contributed by atoms with van der Waals surface area (Å²) in [5.41, 5.74) is 1.98. The lowest BCUT2D eigenvalue weighted by Crippen LogP contribution is -2.14. The van der Waals surface area contributed by atoms with Crippen molar-refractivity contribution in [1.29, 1.82) is 0 Å². The van der Waals surface area contributed by atoms with Crippen molar-refractivity contribution in [2.75, 3.05) is 11.9 Å². The van der Waals surface area contributed by atoms with Crippen molar-refractivity contribution in [3.8, 4) is 5.75 Å². The first-order valence-electron chi connectivity index (χ1n) is 5.77. The molecule has 0 spiro atoms.